The van der Waals surface area contributed by atoms with Gasteiger partial charge in [0.1, 0.15) is 45.7 Å². The van der Waals surface area contributed by atoms with Crippen molar-refractivity contribution in [3.8, 4) is 22.5 Å². The summed E-state index contributed by atoms with van der Waals surface area (Å²) in [5, 5.41) is 13.2. The van der Waals surface area contributed by atoms with Crippen LogP contribution in [0.3, 0.4) is 0 Å². The maximum Gasteiger partial charge on any atom is 0.261 e. The third kappa shape index (κ3) is 5.06. The van der Waals surface area contributed by atoms with Gasteiger partial charge < -0.3 is 19.7 Å². The Kier molecular flexibility index (Phi) is 7.38. The van der Waals surface area contributed by atoms with E-state index in [1.54, 1.807) is 24.3 Å². The van der Waals surface area contributed by atoms with Crippen molar-refractivity contribution < 1.29 is 27.4 Å². The van der Waals surface area contributed by atoms with Crippen LogP contribution in [0.2, 0.25) is 10.0 Å². The predicted molar refractivity (Wildman–Crippen MR) is 146 cm³/mol. The number of hydrogen-bond donors (Lipinski definition) is 2. The van der Waals surface area contributed by atoms with Gasteiger partial charge in [0.05, 0.1) is 21.2 Å². The lowest BCUT2D eigenvalue weighted by Gasteiger charge is -2.10. The van der Waals surface area contributed by atoms with Crippen molar-refractivity contribution in [1.29, 1.82) is 0 Å². The first-order valence-electron chi connectivity index (χ1n) is 11.7. The Morgan fingerprint density at radius 2 is 1.05 bits per heavy atom. The second-order valence-electron chi connectivity index (χ2n) is 8.60. The molecule has 0 unspecified atom stereocenters. The van der Waals surface area contributed by atoms with Crippen molar-refractivity contribution in [2.45, 2.75) is 13.8 Å². The Morgan fingerprint density at radius 1 is 0.675 bits per heavy atom. The van der Waals surface area contributed by atoms with E-state index in [1.807, 2.05) is 0 Å². The van der Waals surface area contributed by atoms with E-state index in [-0.39, 0.29) is 55.2 Å². The first kappa shape index (κ1) is 27.0. The predicted octanol–water partition coefficient (Wildman–Crippen LogP) is 7.70. The molecule has 202 valence electrons. The molecular weight excluding hydrogens is 565 g/mol. The number of anilines is 2. The van der Waals surface area contributed by atoms with E-state index in [0.717, 1.165) is 0 Å². The Labute approximate surface area is 235 Å². The highest BCUT2D eigenvalue weighted by Crippen LogP contribution is 2.35. The summed E-state index contributed by atoms with van der Waals surface area (Å²) < 4.78 is 39.3. The normalized spacial score (nSPS) is 10.9. The SMILES string of the molecule is Cc1onc(-c2c(F)cccc2Cl)c1C(=O)Nc1ccc(NC(=O)c2c(-c3c(F)cccc3Cl)noc2C)cc1. The lowest BCUT2D eigenvalue weighted by molar-refractivity contribution is 0.101. The zero-order valence-corrected chi connectivity index (χ0v) is 22.3. The van der Waals surface area contributed by atoms with Crippen LogP contribution in [0.25, 0.3) is 22.5 Å². The molecule has 8 nitrogen and oxygen atoms in total. The van der Waals surface area contributed by atoms with E-state index in [9.17, 15) is 18.4 Å². The summed E-state index contributed by atoms with van der Waals surface area (Å²) in [5.41, 5.74) is 0.615. The number of benzene rings is 3. The third-order valence-electron chi connectivity index (χ3n) is 5.98. The van der Waals surface area contributed by atoms with Crippen molar-refractivity contribution in [1.82, 2.24) is 10.3 Å². The van der Waals surface area contributed by atoms with Gasteiger partial charge >= 0.3 is 0 Å². The van der Waals surface area contributed by atoms with Gasteiger partial charge in [0.15, 0.2) is 0 Å². The molecule has 2 N–H and O–H groups in total. The number of carbonyl (C=O) groups is 2. The van der Waals surface area contributed by atoms with E-state index in [0.29, 0.717) is 11.4 Å². The van der Waals surface area contributed by atoms with E-state index >= 15 is 0 Å². The number of nitrogens with zero attached hydrogens (tertiary/aromatic N) is 2. The molecule has 2 heterocycles. The molecule has 3 aromatic carbocycles. The fourth-order valence-corrected chi connectivity index (χ4v) is 4.60. The van der Waals surface area contributed by atoms with E-state index in [4.69, 9.17) is 32.2 Å². The number of carbonyl (C=O) groups excluding carboxylic acids is 2. The summed E-state index contributed by atoms with van der Waals surface area (Å²) in [7, 11) is 0. The molecule has 5 rings (SSSR count). The summed E-state index contributed by atoms with van der Waals surface area (Å²) >= 11 is 12.3. The molecule has 0 atom stereocenters. The average Bonchev–Trinajstić information content (AvgIpc) is 3.47. The number of rotatable bonds is 6. The number of aryl methyl sites for hydroxylation is 2. The average molecular weight is 583 g/mol. The molecule has 0 saturated heterocycles. The number of hydrogen-bond acceptors (Lipinski definition) is 6. The van der Waals surface area contributed by atoms with Crippen molar-refractivity contribution in [3.63, 3.8) is 0 Å². The van der Waals surface area contributed by atoms with Crippen LogP contribution in [0.15, 0.2) is 69.7 Å². The first-order chi connectivity index (χ1) is 19.2. The lowest BCUT2D eigenvalue weighted by Crippen LogP contribution is -2.15. The molecule has 40 heavy (non-hydrogen) atoms. The second kappa shape index (κ2) is 10.9. The number of aromatic nitrogens is 2. The minimum absolute atomic E-state index is 0.0200. The maximum absolute atomic E-state index is 14.5. The molecule has 0 spiro atoms. The van der Waals surface area contributed by atoms with Gasteiger partial charge in [-0.1, -0.05) is 45.6 Å². The largest absolute Gasteiger partial charge is 0.360 e. The van der Waals surface area contributed by atoms with Crippen LogP contribution in [-0.2, 0) is 0 Å². The minimum atomic E-state index is -0.654. The summed E-state index contributed by atoms with van der Waals surface area (Å²) in [6, 6.07) is 14.4. The van der Waals surface area contributed by atoms with Gasteiger partial charge in [-0.05, 0) is 62.4 Å². The van der Waals surface area contributed by atoms with Crippen molar-refractivity contribution in [2.24, 2.45) is 0 Å². The molecule has 0 fully saturated rings. The standard InChI is InChI=1S/C28H18Cl2F2N4O4/c1-13-21(25(35-39-13)23-17(29)5-3-7-19(23)31)27(37)33-15-9-11-16(12-10-15)34-28(38)22-14(2)40-36-26(22)24-18(30)6-4-8-20(24)32/h3-12H,1-2H3,(H,33,37)(H,34,38). The zero-order chi connectivity index (χ0) is 28.6. The van der Waals surface area contributed by atoms with E-state index < -0.39 is 23.4 Å². The third-order valence-corrected chi connectivity index (χ3v) is 6.61. The fourth-order valence-electron chi connectivity index (χ4n) is 4.09. The highest BCUT2D eigenvalue weighted by molar-refractivity contribution is 6.34. The Bertz CT molecular complexity index is 1600. The van der Waals surface area contributed by atoms with Crippen molar-refractivity contribution >= 4 is 46.4 Å². The van der Waals surface area contributed by atoms with Crippen molar-refractivity contribution in [2.75, 3.05) is 10.6 Å². The molecule has 12 heteroatoms. The van der Waals surface area contributed by atoms with Crippen LogP contribution < -0.4 is 10.6 Å². The number of amides is 2. The Morgan fingerprint density at radius 3 is 1.40 bits per heavy atom. The van der Waals surface area contributed by atoms with Crippen LogP contribution >= 0.6 is 23.2 Å². The number of halogens is 4. The molecule has 2 aromatic heterocycles. The first-order valence-corrected chi connectivity index (χ1v) is 12.5. The Hall–Kier alpha value is -4.54. The van der Waals surface area contributed by atoms with Gasteiger partial charge in [-0.3, -0.25) is 9.59 Å². The van der Waals surface area contributed by atoms with Gasteiger partial charge in [-0.15, -0.1) is 0 Å². The topological polar surface area (TPSA) is 110 Å². The van der Waals surface area contributed by atoms with Crippen LogP contribution in [-0.4, -0.2) is 22.1 Å². The van der Waals surface area contributed by atoms with Gasteiger partial charge in [-0.2, -0.15) is 0 Å². The fraction of sp³-hybridized carbons (Fsp3) is 0.0714. The van der Waals surface area contributed by atoms with Gasteiger partial charge in [0, 0.05) is 11.4 Å². The van der Waals surface area contributed by atoms with Crippen LogP contribution in [0.1, 0.15) is 32.2 Å². The zero-order valence-electron chi connectivity index (χ0n) is 20.8. The van der Waals surface area contributed by atoms with Gasteiger partial charge in [0.25, 0.3) is 11.8 Å². The van der Waals surface area contributed by atoms with E-state index in [1.165, 1.54) is 50.2 Å². The smallest absolute Gasteiger partial charge is 0.261 e. The molecule has 0 radical (unpaired) electrons. The highest BCUT2D eigenvalue weighted by Gasteiger charge is 2.27. The van der Waals surface area contributed by atoms with Crippen molar-refractivity contribution in [3.05, 3.63) is 105 Å². The molecular formula is C28H18Cl2F2N4O4. The molecule has 0 bridgehead atoms. The molecule has 5 aromatic rings. The highest BCUT2D eigenvalue weighted by atomic mass is 35.5. The van der Waals surface area contributed by atoms with Gasteiger partial charge in [0.2, 0.25) is 0 Å². The van der Waals surface area contributed by atoms with Crippen LogP contribution in [0.5, 0.6) is 0 Å². The van der Waals surface area contributed by atoms with E-state index in [2.05, 4.69) is 20.9 Å². The summed E-state index contributed by atoms with van der Waals surface area (Å²) in [5.74, 6) is -2.17. The van der Waals surface area contributed by atoms with Gasteiger partial charge in [-0.25, -0.2) is 8.78 Å². The van der Waals surface area contributed by atoms with Crippen LogP contribution in [0.4, 0.5) is 20.2 Å². The quantitative estimate of drug-likeness (QED) is 0.212. The molecule has 0 aliphatic rings. The monoisotopic (exact) mass is 582 g/mol. The summed E-state index contributed by atoms with van der Waals surface area (Å²) in [6.45, 7) is 3.04. The lowest BCUT2D eigenvalue weighted by atomic mass is 10.0. The minimum Gasteiger partial charge on any atom is -0.360 e. The number of nitrogens with one attached hydrogen (secondary N) is 2. The molecule has 2 amide bonds. The Balaban J connectivity index is 1.35. The summed E-state index contributed by atoms with van der Waals surface area (Å²) in [6.07, 6.45) is 0. The maximum atomic E-state index is 14.5. The molecule has 0 aliphatic carbocycles. The molecule has 0 saturated carbocycles. The second-order valence-corrected chi connectivity index (χ2v) is 9.42. The summed E-state index contributed by atoms with van der Waals surface area (Å²) in [4.78, 5) is 26.2. The molecule has 0 aliphatic heterocycles. The van der Waals surface area contributed by atoms with Crippen LogP contribution in [0, 0.1) is 25.5 Å².